The van der Waals surface area contributed by atoms with Gasteiger partial charge in [0.1, 0.15) is 23.7 Å². The minimum Gasteiger partial charge on any atom is -0.477 e. The Morgan fingerprint density at radius 3 is 2.72 bits per heavy atom. The quantitative estimate of drug-likeness (QED) is 0.449. The Hall–Kier alpha value is -2.60. The van der Waals surface area contributed by atoms with E-state index in [9.17, 15) is 24.3 Å². The van der Waals surface area contributed by atoms with Gasteiger partial charge >= 0.3 is 11.9 Å². The third-order valence-electron chi connectivity index (χ3n) is 4.57. The van der Waals surface area contributed by atoms with Crippen LogP contribution in [0, 0.1) is 0 Å². The van der Waals surface area contributed by atoms with E-state index < -0.39 is 29.3 Å². The number of hydrogen-bond donors (Lipinski definition) is 2. The molecule has 3 heterocycles. The van der Waals surface area contributed by atoms with Crippen molar-refractivity contribution in [3.8, 4) is 0 Å². The Kier molecular flexibility index (Phi) is 6.13. The molecule has 0 bridgehead atoms. The highest BCUT2D eigenvalue weighted by atomic mass is 32.2. The molecule has 2 aliphatic heterocycles. The summed E-state index contributed by atoms with van der Waals surface area (Å²) in [5.74, 6) is -2.33. The van der Waals surface area contributed by atoms with Crippen molar-refractivity contribution in [2.75, 3.05) is 19.4 Å². The highest BCUT2D eigenvalue weighted by Gasteiger charge is 2.54. The predicted octanol–water partition coefficient (Wildman–Crippen LogP) is -0.539. The largest absolute Gasteiger partial charge is 0.477 e. The number of esters is 1. The van der Waals surface area contributed by atoms with Crippen LogP contribution in [0.2, 0.25) is 0 Å². The van der Waals surface area contributed by atoms with Crippen molar-refractivity contribution in [3.05, 3.63) is 27.1 Å². The minimum absolute atomic E-state index is 0.0863. The van der Waals surface area contributed by atoms with Crippen molar-refractivity contribution in [2.45, 2.75) is 24.8 Å². The molecular formula is C17H20N4O6S2. The number of carbonyl (C=O) groups is 4. The molecule has 1 fully saturated rings. The van der Waals surface area contributed by atoms with Crippen molar-refractivity contribution in [1.29, 1.82) is 0 Å². The Morgan fingerprint density at radius 1 is 1.41 bits per heavy atom. The van der Waals surface area contributed by atoms with Gasteiger partial charge in [-0.1, -0.05) is 0 Å². The number of nitrogens with zero attached hydrogens (tertiary/aromatic N) is 3. The summed E-state index contributed by atoms with van der Waals surface area (Å²) >= 11 is 2.74. The number of nitrogens with one attached hydrogen (secondary N) is 1. The maximum Gasteiger partial charge on any atom is 0.352 e. The van der Waals surface area contributed by atoms with Crippen LogP contribution < -0.4 is 10.1 Å². The second-order valence-corrected chi connectivity index (χ2v) is 8.40. The predicted molar refractivity (Wildman–Crippen MR) is 105 cm³/mol. The van der Waals surface area contributed by atoms with Gasteiger partial charge in [0, 0.05) is 43.4 Å². The topological polar surface area (TPSA) is 130 Å². The SMILES string of the molecule is CN=c1scc(CC(=O)NC2C(=O)N3C(C(=O)O)=C(COC(C)=O)CS[C@H]23)n1C. The summed E-state index contributed by atoms with van der Waals surface area (Å²) in [5, 5.41) is 13.6. The van der Waals surface area contributed by atoms with Gasteiger partial charge in [-0.3, -0.25) is 24.3 Å². The summed E-state index contributed by atoms with van der Waals surface area (Å²) in [5.41, 5.74) is 0.944. The van der Waals surface area contributed by atoms with Crippen LogP contribution in [0.5, 0.6) is 0 Å². The van der Waals surface area contributed by atoms with Gasteiger partial charge in [-0.25, -0.2) is 4.79 Å². The number of amides is 2. The average molecular weight is 441 g/mol. The first kappa shape index (κ1) is 21.1. The van der Waals surface area contributed by atoms with Crippen molar-refractivity contribution in [2.24, 2.45) is 12.0 Å². The average Bonchev–Trinajstić information content (AvgIpc) is 3.02. The van der Waals surface area contributed by atoms with Crippen LogP contribution in [-0.4, -0.2) is 69.1 Å². The standard InChI is InChI=1S/C17H20N4O6S2/c1-8(22)27-5-9-6-28-15-12(14(24)21(15)13(9)16(25)26)19-11(23)4-10-7-29-17(18-2)20(10)3/h7,12,15H,4-6H2,1-3H3,(H,19,23)(H,25,26)/t12?,15-/m1/s1. The molecule has 2 amide bonds. The maximum atomic E-state index is 12.6. The number of hydrogen-bond acceptors (Lipinski definition) is 8. The normalized spacial score (nSPS) is 21.6. The molecule has 29 heavy (non-hydrogen) atoms. The molecule has 0 spiro atoms. The minimum atomic E-state index is -1.27. The summed E-state index contributed by atoms with van der Waals surface area (Å²) in [6.07, 6.45) is 0.0863. The third-order valence-corrected chi connectivity index (χ3v) is 6.96. The molecular weight excluding hydrogens is 420 g/mol. The summed E-state index contributed by atoms with van der Waals surface area (Å²) in [7, 11) is 3.48. The number of aliphatic carboxylic acids is 1. The van der Waals surface area contributed by atoms with Crippen LogP contribution in [-0.2, 0) is 37.4 Å². The van der Waals surface area contributed by atoms with Crippen LogP contribution in [0.1, 0.15) is 12.6 Å². The number of carboxylic acids is 1. The van der Waals surface area contributed by atoms with Gasteiger partial charge in [0.2, 0.25) is 5.91 Å². The maximum absolute atomic E-state index is 12.6. The van der Waals surface area contributed by atoms with Crippen molar-refractivity contribution in [1.82, 2.24) is 14.8 Å². The molecule has 2 aliphatic rings. The van der Waals surface area contributed by atoms with Crippen molar-refractivity contribution in [3.63, 3.8) is 0 Å². The van der Waals surface area contributed by atoms with Gasteiger partial charge in [-0.2, -0.15) is 0 Å². The van der Waals surface area contributed by atoms with Gasteiger partial charge in [-0.05, 0) is 0 Å². The molecule has 156 valence electrons. The Bertz CT molecular complexity index is 979. The molecule has 0 aliphatic carbocycles. The summed E-state index contributed by atoms with van der Waals surface area (Å²) in [4.78, 5) is 53.7. The first-order valence-electron chi connectivity index (χ1n) is 8.63. The van der Waals surface area contributed by atoms with E-state index in [0.29, 0.717) is 5.57 Å². The number of fused-ring (bicyclic) bond motifs is 1. The molecule has 1 aromatic heterocycles. The highest BCUT2D eigenvalue weighted by Crippen LogP contribution is 2.40. The molecule has 2 atom stereocenters. The van der Waals surface area contributed by atoms with Crippen LogP contribution >= 0.6 is 23.1 Å². The number of carbonyl (C=O) groups excluding carboxylic acids is 3. The summed E-state index contributed by atoms with van der Waals surface area (Å²) in [6.45, 7) is 1.04. The fourth-order valence-corrected chi connectivity index (χ4v) is 5.33. The number of thiazole rings is 1. The smallest absolute Gasteiger partial charge is 0.352 e. The van der Waals surface area contributed by atoms with Gasteiger partial charge in [-0.15, -0.1) is 23.1 Å². The summed E-state index contributed by atoms with van der Waals surface area (Å²) in [6, 6.07) is -0.795. The second kappa shape index (κ2) is 8.41. The van der Waals surface area contributed by atoms with Crippen LogP contribution in [0.4, 0.5) is 0 Å². The zero-order chi connectivity index (χ0) is 21.3. The molecule has 1 aromatic rings. The second-order valence-electron chi connectivity index (χ2n) is 6.46. The molecule has 1 saturated heterocycles. The molecule has 1 unspecified atom stereocenters. The Balaban J connectivity index is 1.70. The highest BCUT2D eigenvalue weighted by molar-refractivity contribution is 8.00. The van der Waals surface area contributed by atoms with E-state index in [4.69, 9.17) is 4.74 Å². The third kappa shape index (κ3) is 4.08. The number of rotatable bonds is 6. The van der Waals surface area contributed by atoms with E-state index in [1.165, 1.54) is 30.0 Å². The van der Waals surface area contributed by atoms with Crippen molar-refractivity contribution < 1.29 is 29.0 Å². The summed E-state index contributed by atoms with van der Waals surface area (Å²) < 4.78 is 6.70. The number of ether oxygens (including phenoxy) is 1. The van der Waals surface area contributed by atoms with Crippen LogP contribution in [0.25, 0.3) is 0 Å². The molecule has 2 N–H and O–H groups in total. The fourth-order valence-electron chi connectivity index (χ4n) is 3.14. The van der Waals surface area contributed by atoms with Crippen LogP contribution in [0.3, 0.4) is 0 Å². The molecule has 0 radical (unpaired) electrons. The van der Waals surface area contributed by atoms with Gasteiger partial charge < -0.3 is 19.7 Å². The van der Waals surface area contributed by atoms with E-state index in [2.05, 4.69) is 10.3 Å². The van der Waals surface area contributed by atoms with E-state index in [1.54, 1.807) is 11.6 Å². The lowest BCUT2D eigenvalue weighted by atomic mass is 10.0. The van der Waals surface area contributed by atoms with Gasteiger partial charge in [0.15, 0.2) is 4.80 Å². The lowest BCUT2D eigenvalue weighted by Gasteiger charge is -2.49. The molecule has 3 rings (SSSR count). The first-order valence-corrected chi connectivity index (χ1v) is 10.6. The Morgan fingerprint density at radius 2 is 2.14 bits per heavy atom. The number of thioether (sulfide) groups is 1. The molecule has 12 heteroatoms. The molecule has 0 saturated carbocycles. The number of carboxylic acid groups (broad SMARTS) is 1. The monoisotopic (exact) mass is 440 g/mol. The van der Waals surface area contributed by atoms with E-state index in [1.807, 2.05) is 12.4 Å². The Labute approximate surface area is 174 Å². The molecule has 0 aromatic carbocycles. The number of β-lactam (4-membered cyclic amide) rings is 1. The van der Waals surface area contributed by atoms with Crippen LogP contribution in [0.15, 0.2) is 21.6 Å². The molecule has 10 nitrogen and oxygen atoms in total. The fraction of sp³-hybridized carbons (Fsp3) is 0.471. The first-order chi connectivity index (χ1) is 13.7. The van der Waals surface area contributed by atoms with Gasteiger partial charge in [0.05, 0.1) is 6.42 Å². The zero-order valence-electron chi connectivity index (χ0n) is 16.0. The van der Waals surface area contributed by atoms with E-state index in [-0.39, 0.29) is 30.4 Å². The van der Waals surface area contributed by atoms with Gasteiger partial charge in [0.25, 0.3) is 5.91 Å². The zero-order valence-corrected chi connectivity index (χ0v) is 17.6. The van der Waals surface area contributed by atoms with E-state index >= 15 is 0 Å². The lowest BCUT2D eigenvalue weighted by Crippen LogP contribution is -2.70. The van der Waals surface area contributed by atoms with Crippen molar-refractivity contribution >= 4 is 46.9 Å². The number of aromatic nitrogens is 1. The lowest BCUT2D eigenvalue weighted by molar-refractivity contribution is -0.151. The van der Waals surface area contributed by atoms with E-state index in [0.717, 1.165) is 15.4 Å².